The molecule has 2 aromatic rings. The second-order valence-electron chi connectivity index (χ2n) is 5.27. The molecular formula is C17H17NO. The number of benzene rings is 2. The number of carbonyl (C=O) groups is 1. The van der Waals surface area contributed by atoms with E-state index in [-0.39, 0.29) is 11.9 Å². The fourth-order valence-electron chi connectivity index (χ4n) is 2.96. The van der Waals surface area contributed by atoms with E-state index in [0.29, 0.717) is 0 Å². The molecule has 0 saturated carbocycles. The molecule has 1 unspecified atom stereocenters. The molecule has 1 atom stereocenters. The molecule has 0 saturated heterocycles. The Morgan fingerprint density at radius 2 is 1.79 bits per heavy atom. The van der Waals surface area contributed by atoms with Crippen molar-refractivity contribution in [1.82, 2.24) is 4.90 Å². The molecule has 19 heavy (non-hydrogen) atoms. The highest BCUT2D eigenvalue weighted by Gasteiger charge is 2.35. The summed E-state index contributed by atoms with van der Waals surface area (Å²) in [5.74, 6) is 0.116. The van der Waals surface area contributed by atoms with E-state index in [1.165, 1.54) is 16.7 Å². The molecule has 0 fully saturated rings. The standard InChI is InChI=1S/C17H17NO/c1-11-6-4-8-13(10-11)16-15-12(2)7-5-9-14(15)17(19)18(16)3/h4-10,16H,1-3H3. The van der Waals surface area contributed by atoms with Crippen LogP contribution in [0.15, 0.2) is 42.5 Å². The highest BCUT2D eigenvalue weighted by molar-refractivity contribution is 6.00. The molecule has 1 aliphatic heterocycles. The summed E-state index contributed by atoms with van der Waals surface area (Å²) in [6, 6.07) is 14.4. The van der Waals surface area contributed by atoms with E-state index in [1.54, 1.807) is 0 Å². The zero-order valence-electron chi connectivity index (χ0n) is 11.5. The summed E-state index contributed by atoms with van der Waals surface area (Å²) in [6.07, 6.45) is 0. The molecule has 2 aromatic carbocycles. The van der Waals surface area contributed by atoms with Gasteiger partial charge in [-0.05, 0) is 36.6 Å². The van der Waals surface area contributed by atoms with Crippen molar-refractivity contribution in [3.8, 4) is 0 Å². The number of carbonyl (C=O) groups excluding carboxylic acids is 1. The minimum Gasteiger partial charge on any atom is -0.331 e. The lowest BCUT2D eigenvalue weighted by Gasteiger charge is -2.22. The minimum absolute atomic E-state index is 0.0450. The summed E-state index contributed by atoms with van der Waals surface area (Å²) >= 11 is 0. The highest BCUT2D eigenvalue weighted by Crippen LogP contribution is 2.39. The fraction of sp³-hybridized carbons (Fsp3) is 0.235. The van der Waals surface area contributed by atoms with E-state index < -0.39 is 0 Å². The van der Waals surface area contributed by atoms with Gasteiger partial charge in [0, 0.05) is 12.6 Å². The van der Waals surface area contributed by atoms with Gasteiger partial charge in [0.05, 0.1) is 6.04 Å². The van der Waals surface area contributed by atoms with E-state index in [2.05, 4.69) is 44.2 Å². The normalized spacial score (nSPS) is 17.7. The molecule has 0 aliphatic carbocycles. The average Bonchev–Trinajstić information content (AvgIpc) is 2.64. The first-order chi connectivity index (χ1) is 9.09. The summed E-state index contributed by atoms with van der Waals surface area (Å²) < 4.78 is 0. The molecule has 0 radical (unpaired) electrons. The van der Waals surface area contributed by atoms with Crippen molar-refractivity contribution >= 4 is 5.91 Å². The van der Waals surface area contributed by atoms with Crippen LogP contribution >= 0.6 is 0 Å². The van der Waals surface area contributed by atoms with Crippen molar-refractivity contribution in [3.05, 3.63) is 70.3 Å². The SMILES string of the molecule is Cc1cccc(C2c3c(C)cccc3C(=O)N2C)c1. The molecule has 0 N–H and O–H groups in total. The number of hydrogen-bond acceptors (Lipinski definition) is 1. The van der Waals surface area contributed by atoms with Gasteiger partial charge in [-0.25, -0.2) is 0 Å². The van der Waals surface area contributed by atoms with Crippen molar-refractivity contribution in [2.24, 2.45) is 0 Å². The van der Waals surface area contributed by atoms with Gasteiger partial charge < -0.3 is 4.90 Å². The second-order valence-corrected chi connectivity index (χ2v) is 5.27. The van der Waals surface area contributed by atoms with Gasteiger partial charge in [-0.3, -0.25) is 4.79 Å². The maximum Gasteiger partial charge on any atom is 0.254 e. The smallest absolute Gasteiger partial charge is 0.254 e. The first-order valence-electron chi connectivity index (χ1n) is 6.53. The first-order valence-corrected chi connectivity index (χ1v) is 6.53. The van der Waals surface area contributed by atoms with Crippen molar-refractivity contribution in [2.45, 2.75) is 19.9 Å². The Kier molecular flexibility index (Phi) is 2.67. The molecule has 0 bridgehead atoms. The number of amides is 1. The average molecular weight is 251 g/mol. The molecule has 96 valence electrons. The lowest BCUT2D eigenvalue weighted by molar-refractivity contribution is 0.0793. The van der Waals surface area contributed by atoms with Crippen molar-refractivity contribution in [2.75, 3.05) is 7.05 Å². The molecule has 1 aliphatic rings. The number of hydrogen-bond donors (Lipinski definition) is 0. The van der Waals surface area contributed by atoms with Crippen LogP contribution in [-0.4, -0.2) is 17.9 Å². The van der Waals surface area contributed by atoms with Crippen LogP contribution in [0.3, 0.4) is 0 Å². The van der Waals surface area contributed by atoms with Crippen LogP contribution in [0.4, 0.5) is 0 Å². The van der Waals surface area contributed by atoms with Crippen LogP contribution < -0.4 is 0 Å². The third kappa shape index (κ3) is 1.75. The number of nitrogens with zero attached hydrogens (tertiary/aromatic N) is 1. The van der Waals surface area contributed by atoms with E-state index in [1.807, 2.05) is 24.1 Å². The Balaban J connectivity index is 2.21. The largest absolute Gasteiger partial charge is 0.331 e. The molecule has 3 rings (SSSR count). The van der Waals surface area contributed by atoms with Crippen LogP contribution in [-0.2, 0) is 0 Å². The Morgan fingerprint density at radius 1 is 1.05 bits per heavy atom. The van der Waals surface area contributed by atoms with Gasteiger partial charge in [0.1, 0.15) is 0 Å². The highest BCUT2D eigenvalue weighted by atomic mass is 16.2. The van der Waals surface area contributed by atoms with Crippen LogP contribution in [0.1, 0.15) is 38.7 Å². The van der Waals surface area contributed by atoms with Crippen LogP contribution in [0.25, 0.3) is 0 Å². The number of aryl methyl sites for hydroxylation is 2. The Morgan fingerprint density at radius 3 is 2.53 bits per heavy atom. The van der Waals surface area contributed by atoms with Crippen LogP contribution in [0.2, 0.25) is 0 Å². The van der Waals surface area contributed by atoms with Crippen molar-refractivity contribution in [3.63, 3.8) is 0 Å². The fourth-order valence-corrected chi connectivity index (χ4v) is 2.96. The molecule has 2 heteroatoms. The van der Waals surface area contributed by atoms with E-state index >= 15 is 0 Å². The maximum atomic E-state index is 12.3. The Labute approximate surface area is 113 Å². The quantitative estimate of drug-likeness (QED) is 0.760. The van der Waals surface area contributed by atoms with Crippen LogP contribution in [0.5, 0.6) is 0 Å². The van der Waals surface area contributed by atoms with Crippen molar-refractivity contribution in [1.29, 1.82) is 0 Å². The molecule has 1 amide bonds. The van der Waals surface area contributed by atoms with Gasteiger partial charge in [-0.1, -0.05) is 42.0 Å². The van der Waals surface area contributed by atoms with Gasteiger partial charge >= 0.3 is 0 Å². The summed E-state index contributed by atoms with van der Waals surface area (Å²) in [5.41, 5.74) is 5.58. The number of fused-ring (bicyclic) bond motifs is 1. The Hall–Kier alpha value is -2.09. The summed E-state index contributed by atoms with van der Waals surface area (Å²) in [5, 5.41) is 0. The minimum atomic E-state index is 0.0450. The lowest BCUT2D eigenvalue weighted by atomic mass is 9.93. The lowest BCUT2D eigenvalue weighted by Crippen LogP contribution is -2.23. The van der Waals surface area contributed by atoms with Crippen LogP contribution in [0, 0.1) is 13.8 Å². The van der Waals surface area contributed by atoms with E-state index in [4.69, 9.17) is 0 Å². The van der Waals surface area contributed by atoms with Gasteiger partial charge in [0.2, 0.25) is 0 Å². The third-order valence-electron chi connectivity index (χ3n) is 3.89. The Bertz CT molecular complexity index is 660. The van der Waals surface area contributed by atoms with Gasteiger partial charge in [-0.15, -0.1) is 0 Å². The van der Waals surface area contributed by atoms with E-state index in [9.17, 15) is 4.79 Å². The van der Waals surface area contributed by atoms with Crippen molar-refractivity contribution < 1.29 is 4.79 Å². The van der Waals surface area contributed by atoms with Gasteiger partial charge in [0.15, 0.2) is 0 Å². The summed E-state index contributed by atoms with van der Waals surface area (Å²) in [6.45, 7) is 4.16. The van der Waals surface area contributed by atoms with Gasteiger partial charge in [0.25, 0.3) is 5.91 Å². The predicted molar refractivity (Wildman–Crippen MR) is 76.3 cm³/mol. The summed E-state index contributed by atoms with van der Waals surface area (Å²) in [7, 11) is 1.88. The molecular weight excluding hydrogens is 234 g/mol. The second kappa shape index (κ2) is 4.23. The first kappa shape index (κ1) is 12.0. The van der Waals surface area contributed by atoms with E-state index in [0.717, 1.165) is 11.1 Å². The zero-order valence-corrected chi connectivity index (χ0v) is 11.5. The molecule has 0 aromatic heterocycles. The number of rotatable bonds is 1. The topological polar surface area (TPSA) is 20.3 Å². The molecule has 2 nitrogen and oxygen atoms in total. The maximum absolute atomic E-state index is 12.3. The summed E-state index contributed by atoms with van der Waals surface area (Å²) in [4.78, 5) is 14.2. The molecule has 1 heterocycles. The zero-order chi connectivity index (χ0) is 13.6. The monoisotopic (exact) mass is 251 g/mol. The third-order valence-corrected chi connectivity index (χ3v) is 3.89. The molecule has 0 spiro atoms. The predicted octanol–water partition coefficient (Wildman–Crippen LogP) is 3.48. The van der Waals surface area contributed by atoms with Gasteiger partial charge in [-0.2, -0.15) is 0 Å².